The molecule has 0 unspecified atom stereocenters. The van der Waals surface area contributed by atoms with E-state index in [4.69, 9.17) is 13.9 Å². The van der Waals surface area contributed by atoms with E-state index in [1.54, 1.807) is 6.26 Å². The zero-order chi connectivity index (χ0) is 12.8. The molecule has 102 valence electrons. The Bertz CT molecular complexity index is 348. The maximum atomic E-state index is 5.40. The topological polar surface area (TPSA) is 56.5 Å². The van der Waals surface area contributed by atoms with Crippen LogP contribution in [0.5, 0.6) is 6.08 Å². The second-order valence-corrected chi connectivity index (χ2v) is 5.08. The third-order valence-electron chi connectivity index (χ3n) is 2.58. The molecule has 5 heteroatoms. The third-order valence-corrected chi connectivity index (χ3v) is 2.58. The summed E-state index contributed by atoms with van der Waals surface area (Å²) < 4.78 is 16.0. The number of aromatic nitrogens is 1. The lowest BCUT2D eigenvalue weighted by Crippen LogP contribution is -2.15. The van der Waals surface area contributed by atoms with Gasteiger partial charge in [0.1, 0.15) is 12.9 Å². The number of oxazole rings is 1. The summed E-state index contributed by atoms with van der Waals surface area (Å²) in [4.78, 5) is 4.24. The van der Waals surface area contributed by atoms with Gasteiger partial charge >= 0.3 is 6.08 Å². The van der Waals surface area contributed by atoms with Crippen molar-refractivity contribution in [2.24, 2.45) is 5.92 Å². The van der Waals surface area contributed by atoms with Crippen molar-refractivity contribution in [2.45, 2.75) is 39.3 Å². The lowest BCUT2D eigenvalue weighted by atomic mass is 10.2. The van der Waals surface area contributed by atoms with Gasteiger partial charge in [-0.05, 0) is 18.8 Å². The minimum absolute atomic E-state index is 0.329. The molecule has 5 nitrogen and oxygen atoms in total. The summed E-state index contributed by atoms with van der Waals surface area (Å²) in [5.74, 6) is 0.548. The highest BCUT2D eigenvalue weighted by Gasteiger charge is 2.20. The normalized spacial score (nSPS) is 15.3. The van der Waals surface area contributed by atoms with Crippen LogP contribution in [0.4, 0.5) is 0 Å². The molecular formula is C13H22N2O3. The Morgan fingerprint density at radius 3 is 3.00 bits per heavy atom. The van der Waals surface area contributed by atoms with E-state index < -0.39 is 0 Å². The van der Waals surface area contributed by atoms with E-state index in [0.717, 1.165) is 18.8 Å². The first-order chi connectivity index (χ1) is 8.74. The van der Waals surface area contributed by atoms with E-state index in [0.29, 0.717) is 31.3 Å². The Labute approximate surface area is 108 Å². The first-order valence-electron chi connectivity index (χ1n) is 6.62. The number of rotatable bonds is 9. The van der Waals surface area contributed by atoms with Crippen LogP contribution in [0.2, 0.25) is 0 Å². The smallest absolute Gasteiger partial charge is 0.393 e. The van der Waals surface area contributed by atoms with Gasteiger partial charge in [-0.3, -0.25) is 0 Å². The van der Waals surface area contributed by atoms with Gasteiger partial charge in [0.25, 0.3) is 0 Å². The van der Waals surface area contributed by atoms with Gasteiger partial charge in [0.2, 0.25) is 0 Å². The second-order valence-electron chi connectivity index (χ2n) is 5.08. The Balaban J connectivity index is 1.57. The first kappa shape index (κ1) is 13.4. The molecule has 1 fully saturated rings. The van der Waals surface area contributed by atoms with Crippen LogP contribution in [0, 0.1) is 5.92 Å². The minimum Gasteiger partial charge on any atom is -0.448 e. The van der Waals surface area contributed by atoms with Crippen LogP contribution in [-0.4, -0.2) is 30.8 Å². The fourth-order valence-electron chi connectivity index (χ4n) is 1.48. The van der Waals surface area contributed by atoms with Gasteiger partial charge in [-0.2, -0.15) is 4.98 Å². The number of nitrogens with zero attached hydrogens (tertiary/aromatic N) is 1. The maximum Gasteiger partial charge on any atom is 0.393 e. The van der Waals surface area contributed by atoms with Crippen molar-refractivity contribution < 1.29 is 13.9 Å². The summed E-state index contributed by atoms with van der Waals surface area (Å²) in [6, 6.07) is 0.676. The van der Waals surface area contributed by atoms with Crippen LogP contribution in [0.15, 0.2) is 10.7 Å². The molecule has 0 atom stereocenters. The summed E-state index contributed by atoms with van der Waals surface area (Å²) in [6.07, 6.45) is 4.51. The van der Waals surface area contributed by atoms with Gasteiger partial charge < -0.3 is 19.2 Å². The molecule has 0 saturated heterocycles. The molecule has 0 amide bonds. The molecule has 1 aliphatic rings. The molecule has 2 rings (SSSR count). The van der Waals surface area contributed by atoms with Crippen molar-refractivity contribution in [3.05, 3.63) is 12.0 Å². The third kappa shape index (κ3) is 5.06. The van der Waals surface area contributed by atoms with Gasteiger partial charge in [0.15, 0.2) is 0 Å². The number of hydrogen-bond donors (Lipinski definition) is 1. The number of nitrogens with one attached hydrogen (secondary N) is 1. The molecule has 1 aliphatic carbocycles. The van der Waals surface area contributed by atoms with E-state index in [1.165, 1.54) is 12.8 Å². The van der Waals surface area contributed by atoms with E-state index in [9.17, 15) is 0 Å². The highest BCUT2D eigenvalue weighted by atomic mass is 16.6. The van der Waals surface area contributed by atoms with E-state index in [-0.39, 0.29) is 0 Å². The SMILES string of the molecule is CC(C)COCCOc1nc(CNC2CC2)co1. The first-order valence-corrected chi connectivity index (χ1v) is 6.62. The van der Waals surface area contributed by atoms with Crippen LogP contribution >= 0.6 is 0 Å². The molecule has 1 N–H and O–H groups in total. The zero-order valence-corrected chi connectivity index (χ0v) is 11.1. The fourth-order valence-corrected chi connectivity index (χ4v) is 1.48. The molecule has 1 saturated carbocycles. The maximum absolute atomic E-state index is 5.40. The molecule has 0 aromatic carbocycles. The van der Waals surface area contributed by atoms with Crippen molar-refractivity contribution >= 4 is 0 Å². The quantitative estimate of drug-likeness (QED) is 0.683. The molecule has 1 aromatic heterocycles. The average molecular weight is 254 g/mol. The van der Waals surface area contributed by atoms with Crippen molar-refractivity contribution in [3.63, 3.8) is 0 Å². The van der Waals surface area contributed by atoms with Crippen LogP contribution in [-0.2, 0) is 11.3 Å². The highest BCUT2D eigenvalue weighted by Crippen LogP contribution is 2.19. The Morgan fingerprint density at radius 1 is 1.44 bits per heavy atom. The molecule has 1 aromatic rings. The van der Waals surface area contributed by atoms with E-state index >= 15 is 0 Å². The van der Waals surface area contributed by atoms with Gasteiger partial charge in [-0.15, -0.1) is 0 Å². The summed E-state index contributed by atoms with van der Waals surface area (Å²) in [7, 11) is 0. The van der Waals surface area contributed by atoms with Gasteiger partial charge in [0, 0.05) is 19.2 Å². The van der Waals surface area contributed by atoms with Gasteiger partial charge in [-0.25, -0.2) is 0 Å². The fraction of sp³-hybridized carbons (Fsp3) is 0.769. The minimum atomic E-state index is 0.329. The average Bonchev–Trinajstić information content (AvgIpc) is 3.06. The summed E-state index contributed by atoms with van der Waals surface area (Å²) >= 11 is 0. The largest absolute Gasteiger partial charge is 0.448 e. The summed E-state index contributed by atoms with van der Waals surface area (Å²) in [5, 5.41) is 3.37. The van der Waals surface area contributed by atoms with Crippen molar-refractivity contribution in [2.75, 3.05) is 19.8 Å². The Kier molecular flexibility index (Phi) is 5.01. The van der Waals surface area contributed by atoms with Crippen LogP contribution in [0.25, 0.3) is 0 Å². The molecule has 0 aliphatic heterocycles. The van der Waals surface area contributed by atoms with E-state index in [1.807, 2.05) is 0 Å². The van der Waals surface area contributed by atoms with E-state index in [2.05, 4.69) is 24.1 Å². The van der Waals surface area contributed by atoms with Gasteiger partial charge in [0.05, 0.1) is 12.3 Å². The molecule has 18 heavy (non-hydrogen) atoms. The summed E-state index contributed by atoms with van der Waals surface area (Å²) in [6.45, 7) is 6.79. The Morgan fingerprint density at radius 2 is 2.28 bits per heavy atom. The van der Waals surface area contributed by atoms with Crippen molar-refractivity contribution in [1.29, 1.82) is 0 Å². The summed E-state index contributed by atoms with van der Waals surface area (Å²) in [5.41, 5.74) is 0.889. The molecule has 1 heterocycles. The zero-order valence-electron chi connectivity index (χ0n) is 11.1. The molecule has 0 spiro atoms. The van der Waals surface area contributed by atoms with Crippen LogP contribution in [0.1, 0.15) is 32.4 Å². The lowest BCUT2D eigenvalue weighted by molar-refractivity contribution is 0.0724. The monoisotopic (exact) mass is 254 g/mol. The molecule has 0 radical (unpaired) electrons. The van der Waals surface area contributed by atoms with Crippen molar-refractivity contribution in [3.8, 4) is 6.08 Å². The Hall–Kier alpha value is -1.07. The highest BCUT2D eigenvalue weighted by molar-refractivity contribution is 5.00. The standard InChI is InChI=1S/C13H22N2O3/c1-10(2)8-16-5-6-17-13-15-12(9-18-13)7-14-11-3-4-11/h9-11,14H,3-8H2,1-2H3. The predicted molar refractivity (Wildman–Crippen MR) is 67.5 cm³/mol. The molecular weight excluding hydrogens is 232 g/mol. The van der Waals surface area contributed by atoms with Gasteiger partial charge in [-0.1, -0.05) is 13.8 Å². The predicted octanol–water partition coefficient (Wildman–Crippen LogP) is 1.98. The number of hydrogen-bond acceptors (Lipinski definition) is 5. The van der Waals surface area contributed by atoms with Crippen LogP contribution in [0.3, 0.4) is 0 Å². The molecule has 0 bridgehead atoms. The number of ether oxygens (including phenoxy) is 2. The van der Waals surface area contributed by atoms with Crippen LogP contribution < -0.4 is 10.1 Å². The second kappa shape index (κ2) is 6.75. The lowest BCUT2D eigenvalue weighted by Gasteiger charge is -2.06. The van der Waals surface area contributed by atoms with Crippen molar-refractivity contribution in [1.82, 2.24) is 10.3 Å².